The van der Waals surface area contributed by atoms with Crippen molar-refractivity contribution in [1.29, 1.82) is 0 Å². The van der Waals surface area contributed by atoms with E-state index in [2.05, 4.69) is 19.1 Å². The summed E-state index contributed by atoms with van der Waals surface area (Å²) in [7, 11) is 0. The normalized spacial score (nSPS) is 24.1. The molecule has 3 nitrogen and oxygen atoms in total. The lowest BCUT2D eigenvalue weighted by atomic mass is 9.70. The molecule has 3 heteroatoms. The van der Waals surface area contributed by atoms with Crippen LogP contribution in [0.25, 0.3) is 0 Å². The average molecular weight is 341 g/mol. The van der Waals surface area contributed by atoms with E-state index in [4.69, 9.17) is 4.99 Å². The number of benzene rings is 2. The number of hydrogen-bond acceptors (Lipinski definition) is 3. The first-order valence-corrected chi connectivity index (χ1v) is 9.21. The average Bonchev–Trinajstić information content (AvgIpc) is 2.94. The van der Waals surface area contributed by atoms with Gasteiger partial charge in [-0.15, -0.1) is 0 Å². The molecule has 2 aromatic rings. The van der Waals surface area contributed by atoms with Crippen LogP contribution in [0, 0.1) is 12.8 Å². The predicted molar refractivity (Wildman–Crippen MR) is 101 cm³/mol. The maximum Gasteiger partial charge on any atom is 0.173 e. The molecule has 0 amide bonds. The fourth-order valence-electron chi connectivity index (χ4n) is 4.72. The quantitative estimate of drug-likeness (QED) is 0.772. The zero-order valence-electron chi connectivity index (χ0n) is 14.7. The van der Waals surface area contributed by atoms with Crippen LogP contribution in [0.1, 0.15) is 52.2 Å². The van der Waals surface area contributed by atoms with E-state index in [1.807, 2.05) is 36.4 Å². The molecule has 128 valence electrons. The van der Waals surface area contributed by atoms with Crippen LogP contribution >= 0.6 is 0 Å². The van der Waals surface area contributed by atoms with E-state index in [0.717, 1.165) is 52.1 Å². The number of carbonyl (C=O) groups is 2. The zero-order chi connectivity index (χ0) is 17.8. The first kappa shape index (κ1) is 15.4. The summed E-state index contributed by atoms with van der Waals surface area (Å²) < 4.78 is 0. The summed E-state index contributed by atoms with van der Waals surface area (Å²) in [6.45, 7) is 2.06. The van der Waals surface area contributed by atoms with Crippen molar-refractivity contribution in [3.05, 3.63) is 82.1 Å². The van der Waals surface area contributed by atoms with Gasteiger partial charge in [-0.05, 0) is 30.9 Å². The van der Waals surface area contributed by atoms with E-state index in [-0.39, 0.29) is 23.4 Å². The third kappa shape index (κ3) is 2.03. The smallest absolute Gasteiger partial charge is 0.173 e. The Kier molecular flexibility index (Phi) is 3.33. The molecule has 26 heavy (non-hydrogen) atoms. The molecule has 0 aromatic heterocycles. The minimum absolute atomic E-state index is 0.0949. The number of rotatable bonds is 1. The highest BCUT2D eigenvalue weighted by Gasteiger charge is 2.48. The van der Waals surface area contributed by atoms with Gasteiger partial charge in [-0.25, -0.2) is 0 Å². The van der Waals surface area contributed by atoms with Crippen LogP contribution in [0.2, 0.25) is 0 Å². The molecular formula is C23H19NO2. The standard InChI is InChI=1S/C23H19NO2/c1-13-7-2-3-8-14(13)19-20-17(11-6-12-18(20)25)24-22-15-9-4-5-10-16(15)23(26)21(19)22/h2-5,7-10,19,21H,6,11-12H2,1H3. The fourth-order valence-corrected chi connectivity index (χ4v) is 4.72. The van der Waals surface area contributed by atoms with Crippen molar-refractivity contribution < 1.29 is 9.59 Å². The van der Waals surface area contributed by atoms with Crippen molar-refractivity contribution in [3.63, 3.8) is 0 Å². The minimum Gasteiger partial charge on any atom is -0.294 e. The first-order valence-electron chi connectivity index (χ1n) is 9.21. The van der Waals surface area contributed by atoms with Crippen molar-refractivity contribution in [2.45, 2.75) is 32.1 Å². The summed E-state index contributed by atoms with van der Waals surface area (Å²) >= 11 is 0. The molecule has 0 saturated carbocycles. The summed E-state index contributed by atoms with van der Waals surface area (Å²) in [5.74, 6) is -0.343. The van der Waals surface area contributed by atoms with Crippen LogP contribution in [0.5, 0.6) is 0 Å². The van der Waals surface area contributed by atoms with E-state index >= 15 is 0 Å². The Morgan fingerprint density at radius 3 is 2.42 bits per heavy atom. The van der Waals surface area contributed by atoms with Crippen molar-refractivity contribution >= 4 is 17.3 Å². The second-order valence-electron chi connectivity index (χ2n) is 7.36. The van der Waals surface area contributed by atoms with E-state index in [1.165, 1.54) is 0 Å². The van der Waals surface area contributed by atoms with Crippen molar-refractivity contribution in [1.82, 2.24) is 0 Å². The number of allylic oxidation sites excluding steroid dienone is 2. The molecule has 2 atom stereocenters. The number of carbonyl (C=O) groups excluding carboxylic acids is 2. The maximum absolute atomic E-state index is 13.3. The number of ketones is 2. The van der Waals surface area contributed by atoms with Crippen LogP contribution in [0.4, 0.5) is 0 Å². The van der Waals surface area contributed by atoms with Gasteiger partial charge in [0.05, 0.1) is 11.6 Å². The largest absolute Gasteiger partial charge is 0.294 e. The topological polar surface area (TPSA) is 46.5 Å². The van der Waals surface area contributed by atoms with Crippen LogP contribution in [-0.4, -0.2) is 17.3 Å². The van der Waals surface area contributed by atoms with Crippen LogP contribution in [0.15, 0.2) is 64.8 Å². The summed E-state index contributed by atoms with van der Waals surface area (Å²) in [6, 6.07) is 15.8. The number of nitrogens with zero attached hydrogens (tertiary/aromatic N) is 1. The molecule has 0 radical (unpaired) electrons. The van der Waals surface area contributed by atoms with Gasteiger partial charge in [-0.1, -0.05) is 48.5 Å². The molecule has 0 fully saturated rings. The molecule has 1 heterocycles. The molecule has 1 aliphatic heterocycles. The molecule has 2 unspecified atom stereocenters. The molecule has 0 saturated heterocycles. The van der Waals surface area contributed by atoms with Crippen molar-refractivity contribution in [2.24, 2.45) is 10.9 Å². The number of aliphatic imine (C=N–C) groups is 1. The van der Waals surface area contributed by atoms with Crippen molar-refractivity contribution in [3.8, 4) is 0 Å². The van der Waals surface area contributed by atoms with Gasteiger partial charge in [-0.2, -0.15) is 0 Å². The molecular weight excluding hydrogens is 322 g/mol. The third-order valence-electron chi connectivity index (χ3n) is 5.90. The van der Waals surface area contributed by atoms with Gasteiger partial charge in [-0.3, -0.25) is 14.6 Å². The Bertz CT molecular complexity index is 1030. The summed E-state index contributed by atoms with van der Waals surface area (Å²) in [5.41, 5.74) is 6.40. The van der Waals surface area contributed by atoms with E-state index in [0.29, 0.717) is 6.42 Å². The number of aryl methyl sites for hydroxylation is 1. The molecule has 0 N–H and O–H groups in total. The van der Waals surface area contributed by atoms with Gasteiger partial charge in [0.25, 0.3) is 0 Å². The SMILES string of the molecule is Cc1ccccc1C1C2=C(CCCC2=O)N=C2c3ccccc3C(=O)C21. The molecule has 5 rings (SSSR count). The predicted octanol–water partition coefficient (Wildman–Crippen LogP) is 4.40. The van der Waals surface area contributed by atoms with E-state index in [1.54, 1.807) is 0 Å². The van der Waals surface area contributed by atoms with Crippen LogP contribution in [0.3, 0.4) is 0 Å². The lowest BCUT2D eigenvalue weighted by Gasteiger charge is -2.33. The molecule has 0 spiro atoms. The van der Waals surface area contributed by atoms with Gasteiger partial charge in [0, 0.05) is 34.7 Å². The second-order valence-corrected chi connectivity index (χ2v) is 7.36. The van der Waals surface area contributed by atoms with Crippen molar-refractivity contribution in [2.75, 3.05) is 0 Å². The fraction of sp³-hybridized carbons (Fsp3) is 0.261. The van der Waals surface area contributed by atoms with Gasteiger partial charge in [0.1, 0.15) is 0 Å². The second kappa shape index (κ2) is 5.60. The number of fused-ring (bicyclic) bond motifs is 3. The van der Waals surface area contributed by atoms with Gasteiger partial charge in [0.15, 0.2) is 11.6 Å². The van der Waals surface area contributed by atoms with Gasteiger partial charge in [0.2, 0.25) is 0 Å². The highest BCUT2D eigenvalue weighted by atomic mass is 16.1. The summed E-state index contributed by atoms with van der Waals surface area (Å²) in [4.78, 5) is 31.0. The molecule has 2 aliphatic carbocycles. The zero-order valence-corrected chi connectivity index (χ0v) is 14.7. The molecule has 2 aromatic carbocycles. The Morgan fingerprint density at radius 1 is 0.885 bits per heavy atom. The number of Topliss-reactive ketones (excluding diaryl/α,β-unsaturated/α-hetero) is 2. The molecule has 0 bridgehead atoms. The monoisotopic (exact) mass is 341 g/mol. The maximum atomic E-state index is 13.3. The van der Waals surface area contributed by atoms with Gasteiger partial charge < -0.3 is 0 Å². The third-order valence-corrected chi connectivity index (χ3v) is 5.90. The summed E-state index contributed by atoms with van der Waals surface area (Å²) in [6.07, 6.45) is 2.21. The highest BCUT2D eigenvalue weighted by molar-refractivity contribution is 6.30. The Morgan fingerprint density at radius 2 is 1.62 bits per heavy atom. The molecule has 3 aliphatic rings. The Hall–Kier alpha value is -2.81. The summed E-state index contributed by atoms with van der Waals surface area (Å²) in [5, 5.41) is 0. The lowest BCUT2D eigenvalue weighted by Crippen LogP contribution is -2.34. The lowest BCUT2D eigenvalue weighted by molar-refractivity contribution is -0.116. The number of hydrogen-bond donors (Lipinski definition) is 0. The Labute approximate surface area is 152 Å². The van der Waals surface area contributed by atoms with Crippen LogP contribution in [-0.2, 0) is 4.79 Å². The van der Waals surface area contributed by atoms with Gasteiger partial charge >= 0.3 is 0 Å². The van der Waals surface area contributed by atoms with E-state index < -0.39 is 0 Å². The first-order chi connectivity index (χ1) is 12.7. The van der Waals surface area contributed by atoms with Crippen LogP contribution < -0.4 is 0 Å². The highest BCUT2D eigenvalue weighted by Crippen LogP contribution is 2.48. The minimum atomic E-state index is -0.380. The Balaban J connectivity index is 1.80. The van der Waals surface area contributed by atoms with E-state index in [9.17, 15) is 9.59 Å².